The van der Waals surface area contributed by atoms with Crippen molar-refractivity contribution >= 4 is 15.9 Å². The van der Waals surface area contributed by atoms with Gasteiger partial charge in [-0.3, -0.25) is 0 Å². The van der Waals surface area contributed by atoms with Crippen LogP contribution in [0.1, 0.15) is 18.6 Å². The largest absolute Gasteiger partial charge is 0.481 e. The number of ether oxygens (including phenoxy) is 1. The number of nitrogens with two attached hydrogens (primary N) is 1. The predicted octanol–water partition coefficient (Wildman–Crippen LogP) is 4.33. The van der Waals surface area contributed by atoms with E-state index >= 15 is 0 Å². The average molecular weight is 360 g/mol. The Balaban J connectivity index is 2.35. The van der Waals surface area contributed by atoms with E-state index in [1.165, 1.54) is 30.3 Å². The van der Waals surface area contributed by atoms with Crippen LogP contribution in [0.3, 0.4) is 0 Å². The third kappa shape index (κ3) is 3.77. The van der Waals surface area contributed by atoms with Crippen molar-refractivity contribution in [3.63, 3.8) is 0 Å². The first-order chi connectivity index (χ1) is 9.88. The van der Waals surface area contributed by atoms with Gasteiger partial charge in [-0.1, -0.05) is 28.1 Å². The Morgan fingerprint density at radius 1 is 1.10 bits per heavy atom. The van der Waals surface area contributed by atoms with E-state index < -0.39 is 29.6 Å². The first kappa shape index (κ1) is 15.9. The minimum absolute atomic E-state index is 0.256. The summed E-state index contributed by atoms with van der Waals surface area (Å²) in [5.74, 6) is -2.77. The van der Waals surface area contributed by atoms with Gasteiger partial charge in [0.1, 0.15) is 11.9 Å². The fourth-order valence-corrected chi connectivity index (χ4v) is 2.30. The van der Waals surface area contributed by atoms with Crippen molar-refractivity contribution in [3.05, 3.63) is 63.9 Å². The lowest BCUT2D eigenvalue weighted by Crippen LogP contribution is -2.29. The van der Waals surface area contributed by atoms with Crippen LogP contribution in [-0.2, 0) is 0 Å². The van der Waals surface area contributed by atoms with Gasteiger partial charge in [0.2, 0.25) is 5.82 Å². The number of rotatable bonds is 4. The Bertz CT molecular complexity index is 632. The molecule has 2 aromatic carbocycles. The van der Waals surface area contributed by atoms with Crippen LogP contribution in [0.25, 0.3) is 0 Å². The van der Waals surface area contributed by atoms with Gasteiger partial charge in [-0.15, -0.1) is 0 Å². The van der Waals surface area contributed by atoms with Crippen LogP contribution in [0, 0.1) is 17.5 Å². The van der Waals surface area contributed by atoms with E-state index in [0.717, 1.165) is 6.07 Å². The smallest absolute Gasteiger partial charge is 0.200 e. The molecule has 0 saturated heterocycles. The summed E-state index contributed by atoms with van der Waals surface area (Å²) in [5.41, 5.74) is 6.41. The Labute approximate surface area is 128 Å². The first-order valence-corrected chi connectivity index (χ1v) is 7.00. The van der Waals surface area contributed by atoms with E-state index in [-0.39, 0.29) is 5.75 Å². The van der Waals surface area contributed by atoms with Gasteiger partial charge in [0, 0.05) is 10.5 Å². The molecule has 2 aromatic rings. The summed E-state index contributed by atoms with van der Waals surface area (Å²) in [6.45, 7) is 1.67. The standard InChI is InChI=1S/C15H13BrF3NO/c1-8(20)15(9-2-4-11(17)5-3-9)21-13-7-10(16)6-12(18)14(13)19/h2-8,15H,20H2,1H3. The lowest BCUT2D eigenvalue weighted by Gasteiger charge is -2.23. The molecule has 112 valence electrons. The number of hydrogen-bond acceptors (Lipinski definition) is 2. The van der Waals surface area contributed by atoms with Gasteiger partial charge >= 0.3 is 0 Å². The molecule has 0 aromatic heterocycles. The Morgan fingerprint density at radius 2 is 1.71 bits per heavy atom. The highest BCUT2D eigenvalue weighted by atomic mass is 79.9. The Kier molecular flexibility index (Phi) is 4.90. The van der Waals surface area contributed by atoms with Crippen molar-refractivity contribution in [2.75, 3.05) is 0 Å². The normalized spacial score (nSPS) is 13.8. The van der Waals surface area contributed by atoms with Crippen molar-refractivity contribution in [1.82, 2.24) is 0 Å². The summed E-state index contributed by atoms with van der Waals surface area (Å²) < 4.78 is 46.0. The topological polar surface area (TPSA) is 35.2 Å². The van der Waals surface area contributed by atoms with E-state index in [0.29, 0.717) is 10.0 Å². The van der Waals surface area contributed by atoms with Crippen LogP contribution in [0.15, 0.2) is 40.9 Å². The molecule has 0 fully saturated rings. The monoisotopic (exact) mass is 359 g/mol. The molecule has 0 radical (unpaired) electrons. The molecule has 2 nitrogen and oxygen atoms in total. The van der Waals surface area contributed by atoms with Crippen LogP contribution >= 0.6 is 15.9 Å². The van der Waals surface area contributed by atoms with Crippen LogP contribution in [0.4, 0.5) is 13.2 Å². The average Bonchev–Trinajstić information content (AvgIpc) is 2.42. The van der Waals surface area contributed by atoms with Crippen LogP contribution in [0.2, 0.25) is 0 Å². The molecule has 0 amide bonds. The quantitative estimate of drug-likeness (QED) is 0.824. The lowest BCUT2D eigenvalue weighted by molar-refractivity contribution is 0.170. The van der Waals surface area contributed by atoms with Gasteiger partial charge < -0.3 is 10.5 Å². The summed E-state index contributed by atoms with van der Waals surface area (Å²) in [7, 11) is 0. The zero-order chi connectivity index (χ0) is 15.6. The fraction of sp³-hybridized carbons (Fsp3) is 0.200. The highest BCUT2D eigenvalue weighted by molar-refractivity contribution is 9.10. The molecule has 0 aliphatic carbocycles. The Morgan fingerprint density at radius 3 is 2.29 bits per heavy atom. The van der Waals surface area contributed by atoms with E-state index in [1.54, 1.807) is 6.92 Å². The maximum Gasteiger partial charge on any atom is 0.200 e. The van der Waals surface area contributed by atoms with Gasteiger partial charge in [-0.05, 0) is 36.8 Å². The van der Waals surface area contributed by atoms with E-state index in [4.69, 9.17) is 10.5 Å². The zero-order valence-electron chi connectivity index (χ0n) is 11.1. The second-order valence-electron chi connectivity index (χ2n) is 4.65. The molecule has 21 heavy (non-hydrogen) atoms. The maximum absolute atomic E-state index is 13.8. The van der Waals surface area contributed by atoms with Crippen molar-refractivity contribution in [3.8, 4) is 5.75 Å². The molecule has 2 unspecified atom stereocenters. The SMILES string of the molecule is CC(N)C(Oc1cc(Br)cc(F)c1F)c1ccc(F)cc1. The molecule has 0 aliphatic heterocycles. The second-order valence-corrected chi connectivity index (χ2v) is 5.56. The molecule has 0 heterocycles. The molecule has 2 atom stereocenters. The number of benzene rings is 2. The van der Waals surface area contributed by atoms with Crippen LogP contribution in [-0.4, -0.2) is 6.04 Å². The fourth-order valence-electron chi connectivity index (χ4n) is 1.89. The highest BCUT2D eigenvalue weighted by Crippen LogP contribution is 2.30. The van der Waals surface area contributed by atoms with Crippen molar-refractivity contribution in [1.29, 1.82) is 0 Å². The molecular weight excluding hydrogens is 347 g/mol. The Hall–Kier alpha value is -1.53. The third-order valence-electron chi connectivity index (χ3n) is 2.89. The van der Waals surface area contributed by atoms with Crippen LogP contribution in [0.5, 0.6) is 5.75 Å². The molecular formula is C15H13BrF3NO. The molecule has 0 spiro atoms. The predicted molar refractivity (Wildman–Crippen MR) is 77.5 cm³/mol. The van der Waals surface area contributed by atoms with Crippen molar-refractivity contribution < 1.29 is 17.9 Å². The van der Waals surface area contributed by atoms with Crippen molar-refractivity contribution in [2.24, 2.45) is 5.73 Å². The van der Waals surface area contributed by atoms with Gasteiger partial charge in [-0.25, -0.2) is 8.78 Å². The minimum atomic E-state index is -1.09. The van der Waals surface area contributed by atoms with E-state index in [2.05, 4.69) is 15.9 Å². The second kappa shape index (κ2) is 6.49. The molecule has 0 saturated carbocycles. The minimum Gasteiger partial charge on any atom is -0.481 e. The summed E-state index contributed by atoms with van der Waals surface area (Å²) in [6.07, 6.45) is -0.728. The maximum atomic E-state index is 13.8. The molecule has 0 aliphatic rings. The van der Waals surface area contributed by atoms with Gasteiger partial charge in [0.25, 0.3) is 0 Å². The highest BCUT2D eigenvalue weighted by Gasteiger charge is 2.21. The van der Waals surface area contributed by atoms with E-state index in [1.807, 2.05) is 0 Å². The summed E-state index contributed by atoms with van der Waals surface area (Å²) in [4.78, 5) is 0. The summed E-state index contributed by atoms with van der Waals surface area (Å²) >= 11 is 3.07. The first-order valence-electron chi connectivity index (χ1n) is 6.20. The molecule has 2 rings (SSSR count). The number of hydrogen-bond donors (Lipinski definition) is 1. The van der Waals surface area contributed by atoms with Gasteiger partial charge in [0.05, 0.1) is 0 Å². The molecule has 6 heteroatoms. The van der Waals surface area contributed by atoms with Gasteiger partial charge in [-0.2, -0.15) is 4.39 Å². The van der Waals surface area contributed by atoms with Crippen LogP contribution < -0.4 is 10.5 Å². The lowest BCUT2D eigenvalue weighted by atomic mass is 10.0. The third-order valence-corrected chi connectivity index (χ3v) is 3.35. The number of halogens is 4. The van der Waals surface area contributed by atoms with Gasteiger partial charge in [0.15, 0.2) is 11.6 Å². The summed E-state index contributed by atoms with van der Waals surface area (Å²) in [5, 5.41) is 0. The summed E-state index contributed by atoms with van der Waals surface area (Å²) in [6, 6.07) is 7.32. The molecule has 2 N–H and O–H groups in total. The van der Waals surface area contributed by atoms with E-state index in [9.17, 15) is 13.2 Å². The molecule has 0 bridgehead atoms. The van der Waals surface area contributed by atoms with Crippen molar-refractivity contribution in [2.45, 2.75) is 19.1 Å². The zero-order valence-corrected chi connectivity index (χ0v) is 12.7.